The summed E-state index contributed by atoms with van der Waals surface area (Å²) in [5, 5.41) is 3.79. The molecule has 1 N–H and O–H groups in total. The Labute approximate surface area is 166 Å². The van der Waals surface area contributed by atoms with E-state index in [-0.39, 0.29) is 17.0 Å². The van der Waals surface area contributed by atoms with Crippen LogP contribution in [0.5, 0.6) is 0 Å². The fourth-order valence-corrected chi connectivity index (χ4v) is 2.66. The molecule has 0 radical (unpaired) electrons. The molecule has 2 aromatic rings. The molecule has 0 aliphatic carbocycles. The summed E-state index contributed by atoms with van der Waals surface area (Å²) in [7, 11) is 1.97. The number of likely N-dealkylation sites (N-methyl/N-ethyl adjacent to an activating group) is 1. The third-order valence-corrected chi connectivity index (χ3v) is 4.11. The van der Waals surface area contributed by atoms with Crippen LogP contribution in [0.4, 0.5) is 11.8 Å². The zero-order chi connectivity index (χ0) is 17.4. The minimum Gasteiger partial charge on any atom is -0.369 e. The molecule has 0 atom stereocenters. The number of hydrogen-bond donors (Lipinski definition) is 1. The fourth-order valence-electron chi connectivity index (χ4n) is 2.48. The summed E-state index contributed by atoms with van der Waals surface area (Å²) in [5.74, 6) is 1.38. The molecule has 1 heterocycles. The van der Waals surface area contributed by atoms with Crippen molar-refractivity contribution < 1.29 is 0 Å². The van der Waals surface area contributed by atoms with Crippen molar-refractivity contribution in [3.8, 4) is 0 Å². The topological polar surface area (TPSA) is 44.3 Å². The van der Waals surface area contributed by atoms with Crippen LogP contribution in [0.2, 0.25) is 5.15 Å². The summed E-state index contributed by atoms with van der Waals surface area (Å²) < 4.78 is 0. The molecule has 5 nitrogen and oxygen atoms in total. The number of nitrogens with zero attached hydrogens (tertiary/aromatic N) is 4. The first-order valence-corrected chi connectivity index (χ1v) is 8.76. The van der Waals surface area contributed by atoms with Crippen LogP contribution in [0.15, 0.2) is 36.4 Å². The van der Waals surface area contributed by atoms with Crippen molar-refractivity contribution >= 4 is 40.3 Å². The normalized spacial score (nSPS) is 10.4. The quantitative estimate of drug-likeness (QED) is 0.609. The lowest BCUT2D eigenvalue weighted by atomic mass is 10.2. The summed E-state index contributed by atoms with van der Waals surface area (Å²) in [4.78, 5) is 13.3. The first-order chi connectivity index (χ1) is 11.6. The number of anilines is 2. The molecule has 0 saturated carbocycles. The SMILES string of the molecule is Br.CCN(CC)CCNc1cc(Cl)nc(N(C)Cc2ccccc2)n1. The van der Waals surface area contributed by atoms with Crippen LogP contribution in [0.1, 0.15) is 19.4 Å². The number of benzene rings is 1. The molecular formula is C18H27BrClN5. The predicted octanol–water partition coefficient (Wildman–Crippen LogP) is 4.10. The maximum atomic E-state index is 6.16. The van der Waals surface area contributed by atoms with Gasteiger partial charge >= 0.3 is 0 Å². The number of rotatable bonds is 9. The Bertz CT molecular complexity index is 622. The molecule has 25 heavy (non-hydrogen) atoms. The second-order valence-electron chi connectivity index (χ2n) is 5.67. The van der Waals surface area contributed by atoms with Gasteiger partial charge < -0.3 is 15.1 Å². The Kier molecular flexibility index (Phi) is 9.78. The van der Waals surface area contributed by atoms with E-state index in [4.69, 9.17) is 11.6 Å². The Morgan fingerprint density at radius 3 is 2.40 bits per heavy atom. The van der Waals surface area contributed by atoms with Crippen LogP contribution < -0.4 is 10.2 Å². The van der Waals surface area contributed by atoms with Crippen molar-refractivity contribution in [3.05, 3.63) is 47.1 Å². The molecule has 0 saturated heterocycles. The number of nitrogens with one attached hydrogen (secondary N) is 1. The van der Waals surface area contributed by atoms with Crippen molar-refractivity contribution in [2.24, 2.45) is 0 Å². The highest BCUT2D eigenvalue weighted by Gasteiger charge is 2.09. The van der Waals surface area contributed by atoms with Crippen LogP contribution >= 0.6 is 28.6 Å². The van der Waals surface area contributed by atoms with E-state index in [2.05, 4.69) is 46.2 Å². The molecule has 0 bridgehead atoms. The average molecular weight is 429 g/mol. The molecule has 0 fully saturated rings. The minimum atomic E-state index is 0. The van der Waals surface area contributed by atoms with Crippen molar-refractivity contribution in [3.63, 3.8) is 0 Å². The van der Waals surface area contributed by atoms with Gasteiger partial charge in [0.15, 0.2) is 0 Å². The van der Waals surface area contributed by atoms with Crippen molar-refractivity contribution in [2.45, 2.75) is 20.4 Å². The lowest BCUT2D eigenvalue weighted by molar-refractivity contribution is 0.316. The van der Waals surface area contributed by atoms with Gasteiger partial charge in [0.1, 0.15) is 11.0 Å². The fraction of sp³-hybridized carbons (Fsp3) is 0.444. The van der Waals surface area contributed by atoms with Gasteiger partial charge in [-0.2, -0.15) is 4.98 Å². The third kappa shape index (κ3) is 7.18. The summed E-state index contributed by atoms with van der Waals surface area (Å²) in [5.41, 5.74) is 1.21. The lowest BCUT2D eigenvalue weighted by Crippen LogP contribution is -2.29. The molecule has 1 aromatic heterocycles. The van der Waals surface area contributed by atoms with Gasteiger partial charge in [0, 0.05) is 32.7 Å². The monoisotopic (exact) mass is 427 g/mol. The van der Waals surface area contributed by atoms with E-state index in [0.717, 1.165) is 38.5 Å². The van der Waals surface area contributed by atoms with Crippen LogP contribution in [0, 0.1) is 0 Å². The molecule has 0 spiro atoms. The molecule has 2 rings (SSSR count). The highest BCUT2D eigenvalue weighted by Crippen LogP contribution is 2.18. The van der Waals surface area contributed by atoms with E-state index in [0.29, 0.717) is 11.1 Å². The third-order valence-electron chi connectivity index (χ3n) is 3.92. The van der Waals surface area contributed by atoms with Crippen LogP contribution in [0.3, 0.4) is 0 Å². The maximum Gasteiger partial charge on any atom is 0.228 e. The maximum absolute atomic E-state index is 6.16. The van der Waals surface area contributed by atoms with Gasteiger partial charge in [0.2, 0.25) is 5.95 Å². The van der Waals surface area contributed by atoms with Gasteiger partial charge in [-0.05, 0) is 18.7 Å². The summed E-state index contributed by atoms with van der Waals surface area (Å²) in [6.45, 7) is 8.98. The zero-order valence-corrected chi connectivity index (χ0v) is 17.5. The van der Waals surface area contributed by atoms with Gasteiger partial charge in [-0.3, -0.25) is 0 Å². The van der Waals surface area contributed by atoms with Crippen LogP contribution in [-0.2, 0) is 6.54 Å². The Balaban J connectivity index is 0.00000312. The Morgan fingerprint density at radius 1 is 1.08 bits per heavy atom. The molecule has 0 aliphatic rings. The van der Waals surface area contributed by atoms with Gasteiger partial charge in [0.05, 0.1) is 0 Å². The van der Waals surface area contributed by atoms with Gasteiger partial charge in [-0.1, -0.05) is 55.8 Å². The molecule has 0 unspecified atom stereocenters. The van der Waals surface area contributed by atoms with E-state index in [1.807, 2.05) is 30.1 Å². The second kappa shape index (κ2) is 11.3. The minimum absolute atomic E-state index is 0. The first-order valence-electron chi connectivity index (χ1n) is 8.38. The standard InChI is InChI=1S/C18H26ClN5.BrH/c1-4-24(5-2)12-11-20-17-13-16(19)21-18(22-17)23(3)14-15-9-7-6-8-10-15;/h6-10,13H,4-5,11-12,14H2,1-3H3,(H,20,21,22);1H. The van der Waals surface area contributed by atoms with Gasteiger partial charge in [0.25, 0.3) is 0 Å². The van der Waals surface area contributed by atoms with Crippen molar-refractivity contribution in [1.29, 1.82) is 0 Å². The largest absolute Gasteiger partial charge is 0.369 e. The number of halogens is 2. The highest BCUT2D eigenvalue weighted by atomic mass is 79.9. The van der Waals surface area contributed by atoms with Crippen molar-refractivity contribution in [1.82, 2.24) is 14.9 Å². The predicted molar refractivity (Wildman–Crippen MR) is 112 cm³/mol. The summed E-state index contributed by atoms with van der Waals surface area (Å²) in [6, 6.07) is 12.0. The van der Waals surface area contributed by atoms with E-state index in [1.165, 1.54) is 5.56 Å². The van der Waals surface area contributed by atoms with Gasteiger partial charge in [-0.15, -0.1) is 17.0 Å². The van der Waals surface area contributed by atoms with Crippen LogP contribution in [0.25, 0.3) is 0 Å². The highest BCUT2D eigenvalue weighted by molar-refractivity contribution is 8.93. The molecule has 7 heteroatoms. The summed E-state index contributed by atoms with van der Waals surface area (Å²) >= 11 is 6.16. The number of aromatic nitrogens is 2. The average Bonchev–Trinajstić information content (AvgIpc) is 2.59. The lowest BCUT2D eigenvalue weighted by Gasteiger charge is -2.20. The second-order valence-corrected chi connectivity index (χ2v) is 6.06. The number of hydrogen-bond acceptors (Lipinski definition) is 5. The zero-order valence-electron chi connectivity index (χ0n) is 15.1. The summed E-state index contributed by atoms with van der Waals surface area (Å²) in [6.07, 6.45) is 0. The Hall–Kier alpha value is -1.37. The van der Waals surface area contributed by atoms with Gasteiger partial charge in [-0.25, -0.2) is 4.98 Å². The smallest absolute Gasteiger partial charge is 0.228 e. The van der Waals surface area contributed by atoms with E-state index in [9.17, 15) is 0 Å². The molecule has 0 amide bonds. The first kappa shape index (κ1) is 21.7. The van der Waals surface area contributed by atoms with Crippen LogP contribution in [-0.4, -0.2) is 48.1 Å². The molecule has 138 valence electrons. The molecule has 0 aliphatic heterocycles. The molecule has 1 aromatic carbocycles. The van der Waals surface area contributed by atoms with E-state index in [1.54, 1.807) is 6.07 Å². The van der Waals surface area contributed by atoms with E-state index >= 15 is 0 Å². The molecular weight excluding hydrogens is 402 g/mol. The van der Waals surface area contributed by atoms with E-state index < -0.39 is 0 Å². The van der Waals surface area contributed by atoms with Crippen molar-refractivity contribution in [2.75, 3.05) is 43.4 Å². The Morgan fingerprint density at radius 2 is 1.76 bits per heavy atom.